The third-order valence-electron chi connectivity index (χ3n) is 4.48. The second-order valence-corrected chi connectivity index (χ2v) is 6.44. The summed E-state index contributed by atoms with van der Waals surface area (Å²) in [5, 5.41) is 11.9. The van der Waals surface area contributed by atoms with Crippen LogP contribution in [0.25, 0.3) is 0 Å². The zero-order valence-corrected chi connectivity index (χ0v) is 12.8. The van der Waals surface area contributed by atoms with Gasteiger partial charge in [0.15, 0.2) is 0 Å². The maximum absolute atomic E-state index is 4.13. The molecule has 1 fully saturated rings. The third-order valence-corrected chi connectivity index (χ3v) is 4.48. The molecule has 0 bridgehead atoms. The highest BCUT2D eigenvalue weighted by atomic mass is 15.4. The summed E-state index contributed by atoms with van der Waals surface area (Å²) in [4.78, 5) is 0. The van der Waals surface area contributed by atoms with E-state index < -0.39 is 0 Å². The summed E-state index contributed by atoms with van der Waals surface area (Å²) in [5.41, 5.74) is 1.63. The third kappa shape index (κ3) is 2.99. The number of nitrogens with one attached hydrogen (secondary N) is 1. The van der Waals surface area contributed by atoms with Crippen molar-refractivity contribution in [2.24, 2.45) is 18.4 Å². The standard InChI is InChI=1S/C15H28N4/c1-5-16-14(13-11-17-18-19(13)4)15(10-12(2)3)8-6-7-9-15/h11-12,14,16H,5-10H2,1-4H3. The summed E-state index contributed by atoms with van der Waals surface area (Å²) in [5.74, 6) is 0.737. The number of hydrogen-bond acceptors (Lipinski definition) is 3. The first-order valence-electron chi connectivity index (χ1n) is 7.67. The van der Waals surface area contributed by atoms with Crippen molar-refractivity contribution in [3.63, 3.8) is 0 Å². The first kappa shape index (κ1) is 14.5. The second-order valence-electron chi connectivity index (χ2n) is 6.44. The lowest BCUT2D eigenvalue weighted by Gasteiger charge is -2.39. The summed E-state index contributed by atoms with van der Waals surface area (Å²) in [6, 6.07) is 0.391. The van der Waals surface area contributed by atoms with E-state index >= 15 is 0 Å². The fourth-order valence-corrected chi connectivity index (χ4v) is 3.90. The zero-order chi connectivity index (χ0) is 13.9. The van der Waals surface area contributed by atoms with Crippen LogP contribution in [0.4, 0.5) is 0 Å². The molecule has 0 amide bonds. The van der Waals surface area contributed by atoms with Gasteiger partial charge >= 0.3 is 0 Å². The lowest BCUT2D eigenvalue weighted by Crippen LogP contribution is -2.38. The van der Waals surface area contributed by atoms with Gasteiger partial charge in [0.1, 0.15) is 0 Å². The molecule has 4 nitrogen and oxygen atoms in total. The Hall–Kier alpha value is -0.900. The molecular weight excluding hydrogens is 236 g/mol. The van der Waals surface area contributed by atoms with Gasteiger partial charge in [-0.05, 0) is 37.1 Å². The lowest BCUT2D eigenvalue weighted by molar-refractivity contribution is 0.151. The van der Waals surface area contributed by atoms with Gasteiger partial charge in [-0.1, -0.05) is 38.8 Å². The Morgan fingerprint density at radius 1 is 1.37 bits per heavy atom. The molecule has 0 saturated heterocycles. The second kappa shape index (κ2) is 6.04. The van der Waals surface area contributed by atoms with Gasteiger partial charge in [0.05, 0.1) is 17.9 Å². The van der Waals surface area contributed by atoms with Gasteiger partial charge in [0.25, 0.3) is 0 Å². The van der Waals surface area contributed by atoms with Crippen LogP contribution in [0.3, 0.4) is 0 Å². The van der Waals surface area contributed by atoms with Crippen molar-refractivity contribution in [2.75, 3.05) is 6.54 Å². The predicted molar refractivity (Wildman–Crippen MR) is 77.8 cm³/mol. The van der Waals surface area contributed by atoms with Crippen molar-refractivity contribution >= 4 is 0 Å². The van der Waals surface area contributed by atoms with Crippen LogP contribution in [0.5, 0.6) is 0 Å². The van der Waals surface area contributed by atoms with Crippen LogP contribution in [0, 0.1) is 11.3 Å². The molecule has 2 rings (SSSR count). The average molecular weight is 264 g/mol. The molecule has 0 aromatic carbocycles. The Labute approximate surface area is 117 Å². The molecule has 1 heterocycles. The van der Waals surface area contributed by atoms with Crippen LogP contribution in [0.15, 0.2) is 6.20 Å². The molecule has 1 N–H and O–H groups in total. The molecule has 0 spiro atoms. The monoisotopic (exact) mass is 264 g/mol. The molecule has 0 radical (unpaired) electrons. The quantitative estimate of drug-likeness (QED) is 0.858. The Morgan fingerprint density at radius 3 is 2.53 bits per heavy atom. The van der Waals surface area contributed by atoms with Crippen LogP contribution in [-0.2, 0) is 7.05 Å². The molecule has 1 atom stereocenters. The smallest absolute Gasteiger partial charge is 0.0758 e. The van der Waals surface area contributed by atoms with Gasteiger partial charge < -0.3 is 5.32 Å². The SMILES string of the molecule is CCNC(c1cnnn1C)C1(CC(C)C)CCCC1. The van der Waals surface area contributed by atoms with Crippen LogP contribution < -0.4 is 5.32 Å². The maximum Gasteiger partial charge on any atom is 0.0758 e. The Morgan fingerprint density at radius 2 is 2.05 bits per heavy atom. The molecule has 1 aliphatic carbocycles. The normalized spacial score (nSPS) is 20.1. The minimum atomic E-state index is 0.389. The van der Waals surface area contributed by atoms with Crippen LogP contribution in [-0.4, -0.2) is 21.5 Å². The van der Waals surface area contributed by atoms with Gasteiger partial charge in [0, 0.05) is 7.05 Å². The first-order valence-corrected chi connectivity index (χ1v) is 7.67. The van der Waals surface area contributed by atoms with E-state index in [4.69, 9.17) is 0 Å². The molecule has 4 heteroatoms. The summed E-state index contributed by atoms with van der Waals surface area (Å²) in [6.45, 7) is 7.86. The van der Waals surface area contributed by atoms with E-state index in [1.165, 1.54) is 37.8 Å². The van der Waals surface area contributed by atoms with Crippen LogP contribution >= 0.6 is 0 Å². The highest BCUT2D eigenvalue weighted by molar-refractivity contribution is 5.10. The molecule has 1 unspecified atom stereocenters. The molecule has 1 saturated carbocycles. The summed E-state index contributed by atoms with van der Waals surface area (Å²) >= 11 is 0. The minimum Gasteiger partial charge on any atom is -0.308 e. The number of nitrogens with zero attached hydrogens (tertiary/aromatic N) is 3. The number of aromatic nitrogens is 3. The van der Waals surface area contributed by atoms with E-state index in [9.17, 15) is 0 Å². The van der Waals surface area contributed by atoms with Crippen molar-refractivity contribution in [3.05, 3.63) is 11.9 Å². The van der Waals surface area contributed by atoms with E-state index in [2.05, 4.69) is 36.4 Å². The van der Waals surface area contributed by atoms with Crippen molar-refractivity contribution < 1.29 is 0 Å². The van der Waals surface area contributed by atoms with Crippen molar-refractivity contribution in [3.8, 4) is 0 Å². The molecule has 1 aromatic rings. The molecule has 19 heavy (non-hydrogen) atoms. The zero-order valence-electron chi connectivity index (χ0n) is 12.8. The molecule has 1 aliphatic rings. The highest BCUT2D eigenvalue weighted by Gasteiger charge is 2.43. The first-order chi connectivity index (χ1) is 9.09. The maximum atomic E-state index is 4.13. The van der Waals surface area contributed by atoms with Crippen molar-refractivity contribution in [2.45, 2.75) is 58.9 Å². The fraction of sp³-hybridized carbons (Fsp3) is 0.867. The van der Waals surface area contributed by atoms with Gasteiger partial charge in [-0.2, -0.15) is 0 Å². The van der Waals surface area contributed by atoms with Crippen LogP contribution in [0.2, 0.25) is 0 Å². The van der Waals surface area contributed by atoms with Gasteiger partial charge in [-0.15, -0.1) is 5.10 Å². The molecule has 1 aromatic heterocycles. The van der Waals surface area contributed by atoms with Crippen molar-refractivity contribution in [1.82, 2.24) is 20.3 Å². The average Bonchev–Trinajstić information content (AvgIpc) is 2.96. The number of aryl methyl sites for hydroxylation is 1. The highest BCUT2D eigenvalue weighted by Crippen LogP contribution is 2.51. The van der Waals surface area contributed by atoms with E-state index in [1.54, 1.807) is 0 Å². The summed E-state index contributed by atoms with van der Waals surface area (Å²) < 4.78 is 1.94. The predicted octanol–water partition coefficient (Wildman–Crippen LogP) is 3.07. The lowest BCUT2D eigenvalue weighted by atomic mass is 9.71. The topological polar surface area (TPSA) is 42.7 Å². The van der Waals surface area contributed by atoms with Gasteiger partial charge in [-0.3, -0.25) is 4.68 Å². The minimum absolute atomic E-state index is 0.389. The molecular formula is C15H28N4. The Kier molecular flexibility index (Phi) is 4.61. The van der Waals surface area contributed by atoms with Gasteiger partial charge in [-0.25, -0.2) is 0 Å². The van der Waals surface area contributed by atoms with Crippen LogP contribution in [0.1, 0.15) is 64.6 Å². The molecule has 0 aliphatic heterocycles. The molecule has 108 valence electrons. The van der Waals surface area contributed by atoms with E-state index in [-0.39, 0.29) is 0 Å². The van der Waals surface area contributed by atoms with E-state index in [0.717, 1.165) is 12.5 Å². The Bertz CT molecular complexity index is 391. The Balaban J connectivity index is 2.32. The fourth-order valence-electron chi connectivity index (χ4n) is 3.90. The largest absolute Gasteiger partial charge is 0.308 e. The van der Waals surface area contributed by atoms with E-state index in [1.807, 2.05) is 17.9 Å². The summed E-state index contributed by atoms with van der Waals surface area (Å²) in [7, 11) is 2.00. The number of hydrogen-bond donors (Lipinski definition) is 1. The van der Waals surface area contributed by atoms with Gasteiger partial charge in [0.2, 0.25) is 0 Å². The summed E-state index contributed by atoms with van der Waals surface area (Å²) in [6.07, 6.45) is 8.60. The number of rotatable bonds is 6. The van der Waals surface area contributed by atoms with E-state index in [0.29, 0.717) is 11.5 Å². The van der Waals surface area contributed by atoms with Crippen molar-refractivity contribution in [1.29, 1.82) is 0 Å².